The van der Waals surface area contributed by atoms with Crippen molar-refractivity contribution in [2.45, 2.75) is 6.92 Å². The maximum absolute atomic E-state index is 8.33. The second-order valence-corrected chi connectivity index (χ2v) is 2.23. The minimum Gasteiger partial charge on any atom is -0.249 e. The zero-order chi connectivity index (χ0) is 5.98. The van der Waals surface area contributed by atoms with E-state index in [9.17, 15) is 0 Å². The van der Waals surface area contributed by atoms with Crippen LogP contribution < -0.4 is 0 Å². The molecule has 1 aromatic heterocycles. The van der Waals surface area contributed by atoms with Gasteiger partial charge in [0.25, 0.3) is 0 Å². The van der Waals surface area contributed by atoms with Crippen molar-refractivity contribution >= 4 is 11.3 Å². The fourth-order valence-electron chi connectivity index (χ4n) is 0.409. The van der Waals surface area contributed by atoms with E-state index in [2.05, 4.69) is 4.98 Å². The molecule has 3 heteroatoms. The predicted molar refractivity (Wildman–Crippen MR) is 31.6 cm³/mol. The molecular weight excluding hydrogens is 120 g/mol. The van der Waals surface area contributed by atoms with Gasteiger partial charge >= 0.3 is 0 Å². The normalized spacial score (nSPS) is 8.50. The molecule has 0 fully saturated rings. The van der Waals surface area contributed by atoms with E-state index in [-0.39, 0.29) is 0 Å². The number of aryl methyl sites for hydroxylation is 1. The van der Waals surface area contributed by atoms with Gasteiger partial charge in [0, 0.05) is 0 Å². The zero-order valence-electron chi connectivity index (χ0n) is 4.38. The zero-order valence-corrected chi connectivity index (χ0v) is 5.20. The number of hydrogen-bond donors (Lipinski definition) is 0. The average Bonchev–Trinajstić information content (AvgIpc) is 2.14. The quantitative estimate of drug-likeness (QED) is 0.523. The SMILES string of the molecule is Cc1ncsc1C#N. The Morgan fingerprint density at radius 2 is 2.62 bits per heavy atom. The van der Waals surface area contributed by atoms with Crippen LogP contribution in [-0.4, -0.2) is 4.98 Å². The van der Waals surface area contributed by atoms with Crippen molar-refractivity contribution in [3.8, 4) is 6.07 Å². The van der Waals surface area contributed by atoms with Gasteiger partial charge in [0.15, 0.2) is 0 Å². The van der Waals surface area contributed by atoms with Crippen LogP contribution in [0.4, 0.5) is 0 Å². The third kappa shape index (κ3) is 0.703. The molecule has 1 heterocycles. The largest absolute Gasteiger partial charge is 0.249 e. The molecule has 2 nitrogen and oxygen atoms in total. The minimum absolute atomic E-state index is 0.713. The summed E-state index contributed by atoms with van der Waals surface area (Å²) in [6, 6.07) is 2.03. The lowest BCUT2D eigenvalue weighted by Gasteiger charge is -1.74. The van der Waals surface area contributed by atoms with Gasteiger partial charge < -0.3 is 0 Å². The Bertz CT molecular complexity index is 221. The fourth-order valence-corrected chi connectivity index (χ4v) is 1.00. The van der Waals surface area contributed by atoms with Crippen LogP contribution in [0.2, 0.25) is 0 Å². The molecule has 0 bridgehead atoms. The highest BCUT2D eigenvalue weighted by molar-refractivity contribution is 7.10. The van der Waals surface area contributed by atoms with Gasteiger partial charge in [-0.05, 0) is 6.92 Å². The van der Waals surface area contributed by atoms with Crippen molar-refractivity contribution < 1.29 is 0 Å². The molecular formula is C5H4N2S. The molecule has 1 rings (SSSR count). The fraction of sp³-hybridized carbons (Fsp3) is 0.200. The van der Waals surface area contributed by atoms with Crippen molar-refractivity contribution in [3.05, 3.63) is 16.1 Å². The molecule has 0 saturated heterocycles. The predicted octanol–water partition coefficient (Wildman–Crippen LogP) is 1.32. The van der Waals surface area contributed by atoms with E-state index < -0.39 is 0 Å². The van der Waals surface area contributed by atoms with E-state index in [0.29, 0.717) is 4.88 Å². The third-order valence-corrected chi connectivity index (χ3v) is 1.68. The molecule has 0 aliphatic heterocycles. The summed E-state index contributed by atoms with van der Waals surface area (Å²) in [7, 11) is 0. The first kappa shape index (κ1) is 5.26. The van der Waals surface area contributed by atoms with E-state index >= 15 is 0 Å². The Hall–Kier alpha value is -0.880. The van der Waals surface area contributed by atoms with Gasteiger partial charge in [0.2, 0.25) is 0 Å². The Morgan fingerprint density at radius 3 is 2.88 bits per heavy atom. The van der Waals surface area contributed by atoms with Crippen LogP contribution in [0.15, 0.2) is 5.51 Å². The summed E-state index contributed by atoms with van der Waals surface area (Å²) < 4.78 is 0. The first-order valence-electron chi connectivity index (χ1n) is 2.15. The molecule has 0 saturated carbocycles. The van der Waals surface area contributed by atoms with Crippen LogP contribution in [0, 0.1) is 18.3 Å². The van der Waals surface area contributed by atoms with Crippen LogP contribution in [0.1, 0.15) is 10.6 Å². The molecule has 0 aromatic carbocycles. The number of hydrogen-bond acceptors (Lipinski definition) is 3. The van der Waals surface area contributed by atoms with E-state index in [4.69, 9.17) is 5.26 Å². The molecule has 40 valence electrons. The maximum Gasteiger partial charge on any atom is 0.127 e. The number of nitriles is 1. The van der Waals surface area contributed by atoms with Gasteiger partial charge in [-0.15, -0.1) is 11.3 Å². The first-order valence-corrected chi connectivity index (χ1v) is 3.02. The van der Waals surface area contributed by atoms with Gasteiger partial charge in [-0.1, -0.05) is 0 Å². The molecule has 0 radical (unpaired) electrons. The summed E-state index contributed by atoms with van der Waals surface area (Å²) in [5.41, 5.74) is 2.51. The average molecular weight is 124 g/mol. The van der Waals surface area contributed by atoms with Gasteiger partial charge in [-0.2, -0.15) is 5.26 Å². The summed E-state index contributed by atoms with van der Waals surface area (Å²) in [6.07, 6.45) is 0. The lowest BCUT2D eigenvalue weighted by atomic mass is 10.4. The van der Waals surface area contributed by atoms with Crippen molar-refractivity contribution in [1.82, 2.24) is 4.98 Å². The van der Waals surface area contributed by atoms with Crippen LogP contribution in [0.25, 0.3) is 0 Å². The molecule has 8 heavy (non-hydrogen) atoms. The number of thiazole rings is 1. The number of rotatable bonds is 0. The summed E-state index contributed by atoms with van der Waals surface area (Å²) in [4.78, 5) is 4.60. The van der Waals surface area contributed by atoms with Crippen LogP contribution in [0.3, 0.4) is 0 Å². The molecule has 1 aromatic rings. The third-order valence-electron chi connectivity index (χ3n) is 0.847. The van der Waals surface area contributed by atoms with E-state index in [1.807, 2.05) is 13.0 Å². The summed E-state index contributed by atoms with van der Waals surface area (Å²) in [5.74, 6) is 0. The van der Waals surface area contributed by atoms with Gasteiger partial charge in [0.05, 0.1) is 11.2 Å². The smallest absolute Gasteiger partial charge is 0.127 e. The lowest BCUT2D eigenvalue weighted by molar-refractivity contribution is 1.25. The van der Waals surface area contributed by atoms with Crippen LogP contribution in [0.5, 0.6) is 0 Å². The molecule has 0 amide bonds. The van der Waals surface area contributed by atoms with E-state index in [1.54, 1.807) is 5.51 Å². The highest BCUT2D eigenvalue weighted by Crippen LogP contribution is 2.08. The molecule has 0 atom stereocenters. The van der Waals surface area contributed by atoms with Crippen molar-refractivity contribution in [3.63, 3.8) is 0 Å². The highest BCUT2D eigenvalue weighted by atomic mass is 32.1. The summed E-state index contributed by atoms with van der Waals surface area (Å²) in [6.45, 7) is 1.83. The van der Waals surface area contributed by atoms with Crippen LogP contribution in [-0.2, 0) is 0 Å². The van der Waals surface area contributed by atoms with E-state index in [1.165, 1.54) is 11.3 Å². The number of nitrogens with zero attached hydrogens (tertiary/aromatic N) is 2. The summed E-state index contributed by atoms with van der Waals surface area (Å²) in [5, 5.41) is 8.33. The van der Waals surface area contributed by atoms with Gasteiger partial charge in [-0.3, -0.25) is 0 Å². The van der Waals surface area contributed by atoms with Crippen LogP contribution >= 0.6 is 11.3 Å². The second kappa shape index (κ2) is 1.93. The number of aromatic nitrogens is 1. The second-order valence-electron chi connectivity index (χ2n) is 1.38. The van der Waals surface area contributed by atoms with Crippen molar-refractivity contribution in [2.24, 2.45) is 0 Å². The molecule has 0 aliphatic rings. The summed E-state index contributed by atoms with van der Waals surface area (Å²) >= 11 is 1.38. The maximum atomic E-state index is 8.33. The van der Waals surface area contributed by atoms with Crippen molar-refractivity contribution in [2.75, 3.05) is 0 Å². The molecule has 0 unspecified atom stereocenters. The molecule has 0 spiro atoms. The first-order chi connectivity index (χ1) is 3.84. The Morgan fingerprint density at radius 1 is 1.88 bits per heavy atom. The topological polar surface area (TPSA) is 36.7 Å². The standard InChI is InChI=1S/C5H4N2S/c1-4-5(2-6)8-3-7-4/h3H,1H3. The molecule has 0 aliphatic carbocycles. The molecule has 0 N–H and O–H groups in total. The Labute approximate surface area is 51.4 Å². The highest BCUT2D eigenvalue weighted by Gasteiger charge is 1.95. The Kier molecular flexibility index (Phi) is 1.27. The monoisotopic (exact) mass is 124 g/mol. The van der Waals surface area contributed by atoms with E-state index in [0.717, 1.165) is 5.69 Å². The Balaban J connectivity index is 3.15. The van der Waals surface area contributed by atoms with Crippen molar-refractivity contribution in [1.29, 1.82) is 5.26 Å². The van der Waals surface area contributed by atoms with Gasteiger partial charge in [0.1, 0.15) is 10.9 Å². The minimum atomic E-state index is 0.713. The lowest BCUT2D eigenvalue weighted by Crippen LogP contribution is -1.70. The van der Waals surface area contributed by atoms with Gasteiger partial charge in [-0.25, -0.2) is 4.98 Å².